The molecule has 0 amide bonds. The number of piperazine rings is 1. The summed E-state index contributed by atoms with van der Waals surface area (Å²) in [6.07, 6.45) is 1.86. The van der Waals surface area contributed by atoms with Crippen LogP contribution in [0, 0.1) is 0 Å². The SMILES string of the molecule is CC1CN(Cc2ncc(Br)cc2Br)C(C)CN1.Cl. The molecule has 2 atom stereocenters. The Balaban J connectivity index is 0.00000162. The number of halogens is 3. The summed E-state index contributed by atoms with van der Waals surface area (Å²) in [5, 5.41) is 3.49. The molecular weight excluding hydrogens is 381 g/mol. The summed E-state index contributed by atoms with van der Waals surface area (Å²) < 4.78 is 2.08. The Morgan fingerprint density at radius 3 is 2.83 bits per heavy atom. The second-order valence-electron chi connectivity index (χ2n) is 4.67. The summed E-state index contributed by atoms with van der Waals surface area (Å²) >= 11 is 7.00. The predicted octanol–water partition coefficient (Wildman–Crippen LogP) is 3.21. The Morgan fingerprint density at radius 1 is 1.44 bits per heavy atom. The van der Waals surface area contributed by atoms with E-state index in [1.165, 1.54) is 0 Å². The topological polar surface area (TPSA) is 28.2 Å². The van der Waals surface area contributed by atoms with Crippen molar-refractivity contribution in [1.82, 2.24) is 15.2 Å². The third kappa shape index (κ3) is 4.17. The van der Waals surface area contributed by atoms with E-state index in [4.69, 9.17) is 0 Å². The standard InChI is InChI=1S/C12H17Br2N3.ClH/c1-8-6-17(9(2)4-15-8)7-12-11(14)3-10(13)5-16-12;/h3,5,8-9,15H,4,6-7H2,1-2H3;1H. The minimum absolute atomic E-state index is 0. The van der Waals surface area contributed by atoms with Gasteiger partial charge in [-0.25, -0.2) is 0 Å². The maximum Gasteiger partial charge on any atom is 0.0686 e. The van der Waals surface area contributed by atoms with Gasteiger partial charge >= 0.3 is 0 Å². The minimum atomic E-state index is 0. The van der Waals surface area contributed by atoms with Gasteiger partial charge in [-0.2, -0.15) is 0 Å². The summed E-state index contributed by atoms with van der Waals surface area (Å²) in [6.45, 7) is 7.51. The average molecular weight is 400 g/mol. The molecular formula is C12H18Br2ClN3. The van der Waals surface area contributed by atoms with Crippen LogP contribution in [0.3, 0.4) is 0 Å². The number of hydrogen-bond acceptors (Lipinski definition) is 3. The molecule has 0 spiro atoms. The Labute approximate surface area is 131 Å². The van der Waals surface area contributed by atoms with Gasteiger partial charge in [0.1, 0.15) is 0 Å². The van der Waals surface area contributed by atoms with Crippen LogP contribution >= 0.6 is 44.3 Å². The second-order valence-corrected chi connectivity index (χ2v) is 6.44. The molecule has 1 aliphatic heterocycles. The van der Waals surface area contributed by atoms with Gasteiger partial charge in [-0.1, -0.05) is 0 Å². The van der Waals surface area contributed by atoms with E-state index in [1.54, 1.807) is 0 Å². The lowest BCUT2D eigenvalue weighted by Gasteiger charge is -2.37. The van der Waals surface area contributed by atoms with Crippen molar-refractivity contribution in [2.45, 2.75) is 32.5 Å². The number of pyridine rings is 1. The van der Waals surface area contributed by atoms with Crippen molar-refractivity contribution in [3.63, 3.8) is 0 Å². The second kappa shape index (κ2) is 7.20. The van der Waals surface area contributed by atoms with Crippen molar-refractivity contribution in [1.29, 1.82) is 0 Å². The molecule has 1 aromatic heterocycles. The van der Waals surface area contributed by atoms with Crippen LogP contribution in [0.4, 0.5) is 0 Å². The Kier molecular flexibility index (Phi) is 6.55. The van der Waals surface area contributed by atoms with Crippen LogP contribution in [0.1, 0.15) is 19.5 Å². The number of nitrogens with one attached hydrogen (secondary N) is 1. The molecule has 0 saturated carbocycles. The number of nitrogens with zero attached hydrogens (tertiary/aromatic N) is 2. The van der Waals surface area contributed by atoms with E-state index in [2.05, 4.69) is 67.0 Å². The first-order valence-electron chi connectivity index (χ1n) is 5.83. The van der Waals surface area contributed by atoms with Gasteiger partial charge in [-0.15, -0.1) is 12.4 Å². The van der Waals surface area contributed by atoms with Crippen molar-refractivity contribution in [3.8, 4) is 0 Å². The lowest BCUT2D eigenvalue weighted by atomic mass is 10.1. The molecule has 2 rings (SSSR count). The fourth-order valence-corrected chi connectivity index (χ4v) is 3.18. The van der Waals surface area contributed by atoms with Gasteiger partial charge in [0.15, 0.2) is 0 Å². The summed E-state index contributed by atoms with van der Waals surface area (Å²) in [4.78, 5) is 6.95. The van der Waals surface area contributed by atoms with Gasteiger partial charge in [-0.3, -0.25) is 9.88 Å². The van der Waals surface area contributed by atoms with Gasteiger partial charge in [0.05, 0.1) is 5.69 Å². The first-order valence-corrected chi connectivity index (χ1v) is 7.42. The van der Waals surface area contributed by atoms with Gasteiger partial charge in [0.25, 0.3) is 0 Å². The van der Waals surface area contributed by atoms with Gasteiger partial charge in [-0.05, 0) is 51.8 Å². The highest BCUT2D eigenvalue weighted by Gasteiger charge is 2.23. The molecule has 0 aromatic carbocycles. The molecule has 1 N–H and O–H groups in total. The van der Waals surface area contributed by atoms with Crippen molar-refractivity contribution in [3.05, 3.63) is 26.9 Å². The van der Waals surface area contributed by atoms with E-state index in [0.29, 0.717) is 12.1 Å². The fourth-order valence-electron chi connectivity index (χ4n) is 2.07. The van der Waals surface area contributed by atoms with E-state index in [0.717, 1.165) is 34.3 Å². The molecule has 1 aliphatic rings. The zero-order chi connectivity index (χ0) is 12.4. The highest BCUT2D eigenvalue weighted by Crippen LogP contribution is 2.22. The quantitative estimate of drug-likeness (QED) is 0.828. The van der Waals surface area contributed by atoms with Crippen LogP contribution in [-0.4, -0.2) is 35.1 Å². The largest absolute Gasteiger partial charge is 0.311 e. The van der Waals surface area contributed by atoms with Crippen molar-refractivity contribution < 1.29 is 0 Å². The predicted molar refractivity (Wildman–Crippen MR) is 84.2 cm³/mol. The van der Waals surface area contributed by atoms with Crippen molar-refractivity contribution in [2.24, 2.45) is 0 Å². The van der Waals surface area contributed by atoms with Gasteiger partial charge in [0, 0.05) is 46.9 Å². The Hall–Kier alpha value is 0.320. The van der Waals surface area contributed by atoms with Crippen LogP contribution < -0.4 is 5.32 Å². The number of hydrogen-bond donors (Lipinski definition) is 1. The van der Waals surface area contributed by atoms with E-state index in [-0.39, 0.29) is 12.4 Å². The Bertz CT molecular complexity index is 403. The fraction of sp³-hybridized carbons (Fsp3) is 0.583. The maximum absolute atomic E-state index is 4.48. The first-order chi connectivity index (χ1) is 8.06. The third-order valence-electron chi connectivity index (χ3n) is 3.13. The lowest BCUT2D eigenvalue weighted by Crippen LogP contribution is -2.53. The highest BCUT2D eigenvalue weighted by molar-refractivity contribution is 9.11. The number of aromatic nitrogens is 1. The van der Waals surface area contributed by atoms with Crippen LogP contribution in [0.2, 0.25) is 0 Å². The van der Waals surface area contributed by atoms with Crippen LogP contribution in [-0.2, 0) is 6.54 Å². The van der Waals surface area contributed by atoms with Crippen LogP contribution in [0.15, 0.2) is 21.2 Å². The molecule has 2 heterocycles. The molecule has 1 saturated heterocycles. The van der Waals surface area contributed by atoms with Crippen molar-refractivity contribution in [2.75, 3.05) is 13.1 Å². The summed E-state index contributed by atoms with van der Waals surface area (Å²) in [5.41, 5.74) is 1.11. The molecule has 0 bridgehead atoms. The van der Waals surface area contributed by atoms with E-state index in [9.17, 15) is 0 Å². The smallest absolute Gasteiger partial charge is 0.0686 e. The average Bonchev–Trinajstić information content (AvgIpc) is 2.27. The molecule has 1 fully saturated rings. The molecule has 0 radical (unpaired) electrons. The zero-order valence-corrected chi connectivity index (χ0v) is 14.5. The minimum Gasteiger partial charge on any atom is -0.311 e. The molecule has 0 aliphatic carbocycles. The third-order valence-corrected chi connectivity index (χ3v) is 4.25. The van der Waals surface area contributed by atoms with Crippen LogP contribution in [0.25, 0.3) is 0 Å². The molecule has 18 heavy (non-hydrogen) atoms. The summed E-state index contributed by atoms with van der Waals surface area (Å²) in [5.74, 6) is 0. The van der Waals surface area contributed by atoms with E-state index < -0.39 is 0 Å². The van der Waals surface area contributed by atoms with E-state index in [1.807, 2.05) is 6.20 Å². The van der Waals surface area contributed by atoms with Crippen LogP contribution in [0.5, 0.6) is 0 Å². The molecule has 6 heteroatoms. The summed E-state index contributed by atoms with van der Waals surface area (Å²) in [7, 11) is 0. The normalized spacial score (nSPS) is 24.7. The maximum atomic E-state index is 4.48. The lowest BCUT2D eigenvalue weighted by molar-refractivity contribution is 0.137. The molecule has 3 nitrogen and oxygen atoms in total. The van der Waals surface area contributed by atoms with Crippen molar-refractivity contribution >= 4 is 44.3 Å². The number of rotatable bonds is 2. The Morgan fingerprint density at radius 2 is 2.17 bits per heavy atom. The van der Waals surface area contributed by atoms with Gasteiger partial charge < -0.3 is 5.32 Å². The molecule has 102 valence electrons. The highest BCUT2D eigenvalue weighted by atomic mass is 79.9. The van der Waals surface area contributed by atoms with E-state index >= 15 is 0 Å². The zero-order valence-electron chi connectivity index (χ0n) is 10.5. The van der Waals surface area contributed by atoms with Gasteiger partial charge in [0.2, 0.25) is 0 Å². The molecule has 1 aromatic rings. The monoisotopic (exact) mass is 397 g/mol. The first kappa shape index (κ1) is 16.4. The molecule has 2 unspecified atom stereocenters. The summed E-state index contributed by atoms with van der Waals surface area (Å²) in [6, 6.07) is 3.17.